The Labute approximate surface area is 232 Å². The van der Waals surface area contributed by atoms with Crippen LogP contribution in [0.4, 0.5) is 0 Å². The van der Waals surface area contributed by atoms with Crippen LogP contribution in [0, 0.1) is 17.2 Å². The first kappa shape index (κ1) is 24.8. The molecule has 1 amide bonds. The first-order valence-electron chi connectivity index (χ1n) is 13.7. The monoisotopic (exact) mass is 546 g/mol. The molecule has 1 aromatic heterocycles. The average Bonchev–Trinajstić information content (AvgIpc) is 3.50. The maximum Gasteiger partial charge on any atom is 0.253 e. The van der Waals surface area contributed by atoms with Gasteiger partial charge in [-0.05, 0) is 74.8 Å². The SMILES string of the molecule is Cl.N#Cc1cc2cccc(C(=O)N[C@H]3CC[C@@]4(O)[C@H]5Cc6ccc(O)c7c6[C@@]4(CCN5CC4CC4)[C@H]3O7)c2[nH]1. The summed E-state index contributed by atoms with van der Waals surface area (Å²) in [5.74, 6) is 1.06. The van der Waals surface area contributed by atoms with Gasteiger partial charge in [-0.1, -0.05) is 18.2 Å². The van der Waals surface area contributed by atoms with Crippen molar-refractivity contribution in [3.63, 3.8) is 0 Å². The number of para-hydroxylation sites is 1. The summed E-state index contributed by atoms with van der Waals surface area (Å²) in [6.45, 7) is 1.90. The van der Waals surface area contributed by atoms with Crippen LogP contribution >= 0.6 is 12.4 Å². The van der Waals surface area contributed by atoms with E-state index >= 15 is 0 Å². The number of hydrogen-bond donors (Lipinski definition) is 4. The summed E-state index contributed by atoms with van der Waals surface area (Å²) in [5.41, 5.74) is 1.95. The van der Waals surface area contributed by atoms with Gasteiger partial charge in [0.1, 0.15) is 17.9 Å². The lowest BCUT2D eigenvalue weighted by molar-refractivity contribution is -0.191. The number of likely N-dealkylation sites (tertiary alicyclic amines) is 1. The van der Waals surface area contributed by atoms with Crippen LogP contribution in [0.3, 0.4) is 0 Å². The molecule has 2 aromatic carbocycles. The third-order valence-electron chi connectivity index (χ3n) is 10.1. The van der Waals surface area contributed by atoms with Gasteiger partial charge in [-0.3, -0.25) is 9.69 Å². The molecule has 8 nitrogen and oxygen atoms in total. The van der Waals surface area contributed by atoms with Crippen LogP contribution in [0.2, 0.25) is 0 Å². The van der Waals surface area contributed by atoms with Crippen LogP contribution in [0.25, 0.3) is 10.9 Å². The molecule has 4 N–H and O–H groups in total. The molecule has 3 aromatic rings. The second-order valence-corrected chi connectivity index (χ2v) is 12.0. The minimum atomic E-state index is -0.987. The van der Waals surface area contributed by atoms with Crippen LogP contribution in [0.5, 0.6) is 11.5 Å². The number of H-pyrrole nitrogens is 1. The van der Waals surface area contributed by atoms with Gasteiger partial charge in [0.15, 0.2) is 11.5 Å². The largest absolute Gasteiger partial charge is 0.504 e. The first-order chi connectivity index (χ1) is 18.4. The Morgan fingerprint density at radius 1 is 1.23 bits per heavy atom. The summed E-state index contributed by atoms with van der Waals surface area (Å²) < 4.78 is 6.57. The second-order valence-electron chi connectivity index (χ2n) is 12.0. The number of carbonyl (C=O) groups is 1. The Kier molecular flexibility index (Phi) is 5.32. The van der Waals surface area contributed by atoms with E-state index in [9.17, 15) is 20.3 Å². The zero-order valence-corrected chi connectivity index (χ0v) is 22.3. The highest BCUT2D eigenvalue weighted by molar-refractivity contribution is 6.06. The Balaban J connectivity index is 0.00000253. The van der Waals surface area contributed by atoms with Gasteiger partial charge in [0.05, 0.1) is 28.1 Å². The number of amides is 1. The number of aromatic amines is 1. The van der Waals surface area contributed by atoms with Crippen molar-refractivity contribution in [1.82, 2.24) is 15.2 Å². The molecular weight excluding hydrogens is 516 g/mol. The molecule has 2 saturated carbocycles. The smallest absolute Gasteiger partial charge is 0.253 e. The van der Waals surface area contributed by atoms with Gasteiger partial charge in [0.25, 0.3) is 5.91 Å². The van der Waals surface area contributed by atoms with Gasteiger partial charge in [0, 0.05) is 23.5 Å². The van der Waals surface area contributed by atoms with Crippen molar-refractivity contribution in [1.29, 1.82) is 5.26 Å². The Morgan fingerprint density at radius 3 is 2.87 bits per heavy atom. The van der Waals surface area contributed by atoms with E-state index in [0.717, 1.165) is 48.4 Å². The highest BCUT2D eigenvalue weighted by atomic mass is 35.5. The number of hydrogen-bond acceptors (Lipinski definition) is 6. The third kappa shape index (κ3) is 3.21. The summed E-state index contributed by atoms with van der Waals surface area (Å²) in [4.78, 5) is 19.2. The molecule has 1 saturated heterocycles. The van der Waals surface area contributed by atoms with Crippen molar-refractivity contribution < 1.29 is 19.7 Å². The summed E-state index contributed by atoms with van der Waals surface area (Å²) in [5, 5.41) is 36.8. The molecule has 3 heterocycles. The molecule has 5 aliphatic rings. The van der Waals surface area contributed by atoms with Crippen molar-refractivity contribution >= 4 is 29.2 Å². The molecular formula is C30H31ClN4O4. The van der Waals surface area contributed by atoms with E-state index in [-0.39, 0.29) is 36.1 Å². The first-order valence-corrected chi connectivity index (χ1v) is 13.7. The Hall–Kier alpha value is -3.25. The topological polar surface area (TPSA) is 122 Å². The Morgan fingerprint density at radius 2 is 2.08 bits per heavy atom. The number of piperidine rings is 1. The van der Waals surface area contributed by atoms with Gasteiger partial charge >= 0.3 is 0 Å². The molecule has 0 unspecified atom stereocenters. The number of halogens is 1. The minimum Gasteiger partial charge on any atom is -0.504 e. The summed E-state index contributed by atoms with van der Waals surface area (Å²) in [6.07, 6.45) is 4.67. The standard InChI is InChI=1S/C30H30N4O4.ClH/c31-14-19-12-18-2-1-3-20(25(18)32-19)28(36)33-21-8-9-30(37)23-13-17-6-7-22(35)26-24(17)29(30,27(21)38-26)10-11-34(23)15-16-4-5-16;/h1-3,6-7,12,16,21,23,27,32,35,37H,4-5,8-11,13,15H2,(H,33,36);1H/t21-,23+,27-,29-,30+;/m0./s1. The third-order valence-corrected chi connectivity index (χ3v) is 10.1. The molecule has 2 bridgehead atoms. The number of phenols is 1. The molecule has 9 heteroatoms. The van der Waals surface area contributed by atoms with E-state index in [2.05, 4.69) is 21.3 Å². The quantitative estimate of drug-likeness (QED) is 0.397. The molecule has 2 aliphatic heterocycles. The molecule has 8 rings (SSSR count). The summed E-state index contributed by atoms with van der Waals surface area (Å²) in [7, 11) is 0. The number of nitrogens with one attached hydrogen (secondary N) is 2. The van der Waals surface area contributed by atoms with Crippen molar-refractivity contribution in [3.8, 4) is 17.6 Å². The van der Waals surface area contributed by atoms with Gasteiger partial charge in [-0.2, -0.15) is 5.26 Å². The molecule has 39 heavy (non-hydrogen) atoms. The molecule has 202 valence electrons. The van der Waals surface area contributed by atoms with Gasteiger partial charge < -0.3 is 25.3 Å². The number of rotatable bonds is 4. The highest BCUT2D eigenvalue weighted by Gasteiger charge is 2.73. The van der Waals surface area contributed by atoms with E-state index in [1.807, 2.05) is 18.2 Å². The fraction of sp³-hybridized carbons (Fsp3) is 0.467. The van der Waals surface area contributed by atoms with E-state index < -0.39 is 17.1 Å². The number of fused-ring (bicyclic) bond motifs is 1. The number of benzene rings is 2. The minimum absolute atomic E-state index is 0. The molecule has 1 spiro atoms. The summed E-state index contributed by atoms with van der Waals surface area (Å²) in [6, 6.07) is 12.7. The molecule has 5 atom stereocenters. The molecule has 0 radical (unpaired) electrons. The molecule has 3 fully saturated rings. The van der Waals surface area contributed by atoms with Gasteiger partial charge in [-0.15, -0.1) is 12.4 Å². The van der Waals surface area contributed by atoms with Crippen LogP contribution in [0.1, 0.15) is 59.3 Å². The number of nitriles is 1. The van der Waals surface area contributed by atoms with Crippen molar-refractivity contribution in [2.24, 2.45) is 5.92 Å². The lowest BCUT2D eigenvalue weighted by atomic mass is 9.48. The normalized spacial score (nSPS) is 32.1. The van der Waals surface area contributed by atoms with E-state index in [1.54, 1.807) is 18.2 Å². The second kappa shape index (κ2) is 8.37. The van der Waals surface area contributed by atoms with Crippen molar-refractivity contribution in [3.05, 3.63) is 58.8 Å². The van der Waals surface area contributed by atoms with Crippen LogP contribution in [-0.2, 0) is 11.8 Å². The number of carbonyl (C=O) groups excluding carboxylic acids is 1. The van der Waals surface area contributed by atoms with E-state index in [1.165, 1.54) is 12.8 Å². The maximum atomic E-state index is 13.7. The van der Waals surface area contributed by atoms with Crippen molar-refractivity contribution in [2.45, 2.75) is 67.7 Å². The Bertz CT molecular complexity index is 1560. The number of ether oxygens (including phenoxy) is 1. The zero-order valence-electron chi connectivity index (χ0n) is 21.4. The highest BCUT2D eigenvalue weighted by Crippen LogP contribution is 2.65. The van der Waals surface area contributed by atoms with Crippen LogP contribution < -0.4 is 10.1 Å². The lowest BCUT2D eigenvalue weighted by Crippen LogP contribution is -2.78. The van der Waals surface area contributed by atoms with Crippen LogP contribution in [0.15, 0.2) is 36.4 Å². The average molecular weight is 547 g/mol. The lowest BCUT2D eigenvalue weighted by Gasteiger charge is -2.64. The number of aliphatic hydroxyl groups is 1. The fourth-order valence-electron chi connectivity index (χ4n) is 8.28. The number of phenolic OH excluding ortho intramolecular Hbond substituents is 1. The number of nitrogens with zero attached hydrogens (tertiary/aromatic N) is 2. The van der Waals surface area contributed by atoms with Crippen molar-refractivity contribution in [2.75, 3.05) is 13.1 Å². The summed E-state index contributed by atoms with van der Waals surface area (Å²) >= 11 is 0. The van der Waals surface area contributed by atoms with E-state index in [4.69, 9.17) is 4.74 Å². The van der Waals surface area contributed by atoms with Gasteiger partial charge in [0.2, 0.25) is 0 Å². The predicted octanol–water partition coefficient (Wildman–Crippen LogP) is 3.53. The fourth-order valence-corrected chi connectivity index (χ4v) is 8.28. The number of aromatic hydroxyl groups is 1. The predicted molar refractivity (Wildman–Crippen MR) is 146 cm³/mol. The maximum absolute atomic E-state index is 13.7. The molecule has 3 aliphatic carbocycles. The van der Waals surface area contributed by atoms with Crippen LogP contribution in [-0.4, -0.2) is 62.9 Å². The van der Waals surface area contributed by atoms with Gasteiger partial charge in [-0.25, -0.2) is 0 Å². The zero-order chi connectivity index (χ0) is 25.8. The van der Waals surface area contributed by atoms with E-state index in [0.29, 0.717) is 35.4 Å². The number of aromatic nitrogens is 1.